The highest BCUT2D eigenvalue weighted by molar-refractivity contribution is 5.79. The molecule has 1 aliphatic carbocycles. The Hall–Kier alpha value is -2.15. The number of rotatable bonds is 2. The van der Waals surface area contributed by atoms with Crippen LogP contribution in [0.25, 0.3) is 10.9 Å². The minimum atomic E-state index is 0.669. The predicted octanol–water partition coefficient (Wildman–Crippen LogP) is 4.90. The average Bonchev–Trinajstić information content (AvgIpc) is 2.47. The third-order valence-corrected chi connectivity index (χ3v) is 4.56. The SMILES string of the molecule is c1ccc(C2CCC2c2ccc3ncccc3c2)cc1. The van der Waals surface area contributed by atoms with Gasteiger partial charge in [0.05, 0.1) is 5.52 Å². The van der Waals surface area contributed by atoms with Crippen LogP contribution in [-0.4, -0.2) is 4.98 Å². The summed E-state index contributed by atoms with van der Waals surface area (Å²) in [6, 6.07) is 21.8. The topological polar surface area (TPSA) is 12.9 Å². The Kier molecular flexibility index (Phi) is 2.77. The Morgan fingerprint density at radius 3 is 2.35 bits per heavy atom. The smallest absolute Gasteiger partial charge is 0.0702 e. The van der Waals surface area contributed by atoms with Gasteiger partial charge in [-0.25, -0.2) is 0 Å². The van der Waals surface area contributed by atoms with Crippen LogP contribution in [-0.2, 0) is 0 Å². The molecule has 0 bridgehead atoms. The first kappa shape index (κ1) is 11.7. The number of aromatic nitrogens is 1. The second kappa shape index (κ2) is 4.75. The van der Waals surface area contributed by atoms with Gasteiger partial charge in [0.2, 0.25) is 0 Å². The van der Waals surface area contributed by atoms with Gasteiger partial charge in [-0.05, 0) is 54.0 Å². The maximum absolute atomic E-state index is 4.40. The van der Waals surface area contributed by atoms with Crippen molar-refractivity contribution in [2.75, 3.05) is 0 Å². The lowest BCUT2D eigenvalue weighted by Crippen LogP contribution is -2.21. The molecule has 2 atom stereocenters. The molecule has 4 rings (SSSR count). The molecule has 1 aliphatic rings. The van der Waals surface area contributed by atoms with Gasteiger partial charge in [0.1, 0.15) is 0 Å². The van der Waals surface area contributed by atoms with E-state index in [1.165, 1.54) is 29.4 Å². The third kappa shape index (κ3) is 1.90. The summed E-state index contributed by atoms with van der Waals surface area (Å²) < 4.78 is 0. The second-order valence-corrected chi connectivity index (χ2v) is 5.66. The molecule has 1 aromatic heterocycles. The summed E-state index contributed by atoms with van der Waals surface area (Å²) in [4.78, 5) is 4.40. The highest BCUT2D eigenvalue weighted by Crippen LogP contribution is 2.49. The molecule has 2 unspecified atom stereocenters. The van der Waals surface area contributed by atoms with Crippen molar-refractivity contribution in [2.24, 2.45) is 0 Å². The molecular weight excluding hydrogens is 242 g/mol. The molecule has 1 saturated carbocycles. The molecule has 2 aromatic carbocycles. The van der Waals surface area contributed by atoms with Crippen LogP contribution in [0.2, 0.25) is 0 Å². The molecule has 98 valence electrons. The molecule has 20 heavy (non-hydrogen) atoms. The predicted molar refractivity (Wildman–Crippen MR) is 82.9 cm³/mol. The number of nitrogens with zero attached hydrogens (tertiary/aromatic N) is 1. The van der Waals surface area contributed by atoms with Crippen molar-refractivity contribution >= 4 is 10.9 Å². The number of pyridine rings is 1. The second-order valence-electron chi connectivity index (χ2n) is 5.66. The van der Waals surface area contributed by atoms with Crippen LogP contribution in [0.5, 0.6) is 0 Å². The fraction of sp³-hybridized carbons (Fsp3) is 0.211. The summed E-state index contributed by atoms with van der Waals surface area (Å²) in [6.45, 7) is 0. The summed E-state index contributed by atoms with van der Waals surface area (Å²) in [5, 5.41) is 1.25. The zero-order valence-corrected chi connectivity index (χ0v) is 11.4. The van der Waals surface area contributed by atoms with Crippen LogP contribution in [0.3, 0.4) is 0 Å². The van der Waals surface area contributed by atoms with Gasteiger partial charge >= 0.3 is 0 Å². The third-order valence-electron chi connectivity index (χ3n) is 4.56. The molecule has 0 radical (unpaired) electrons. The lowest BCUT2D eigenvalue weighted by molar-refractivity contribution is 0.347. The summed E-state index contributed by atoms with van der Waals surface area (Å²) in [7, 11) is 0. The van der Waals surface area contributed by atoms with E-state index in [2.05, 4.69) is 59.6 Å². The molecular formula is C19H17N. The lowest BCUT2D eigenvalue weighted by Gasteiger charge is -2.37. The van der Waals surface area contributed by atoms with Crippen molar-refractivity contribution in [3.05, 3.63) is 78.0 Å². The Labute approximate surface area is 119 Å². The summed E-state index contributed by atoms with van der Waals surface area (Å²) in [6.07, 6.45) is 4.46. The number of hydrogen-bond donors (Lipinski definition) is 0. The van der Waals surface area contributed by atoms with Gasteiger partial charge in [0, 0.05) is 11.6 Å². The molecule has 0 aliphatic heterocycles. The van der Waals surface area contributed by atoms with Crippen molar-refractivity contribution < 1.29 is 0 Å². The molecule has 0 amide bonds. The molecule has 3 aromatic rings. The quantitative estimate of drug-likeness (QED) is 0.638. The van der Waals surface area contributed by atoms with Crippen LogP contribution < -0.4 is 0 Å². The van der Waals surface area contributed by atoms with Crippen LogP contribution in [0.1, 0.15) is 35.8 Å². The van der Waals surface area contributed by atoms with Crippen molar-refractivity contribution in [1.82, 2.24) is 4.98 Å². The molecule has 0 saturated heterocycles. The van der Waals surface area contributed by atoms with E-state index in [0.717, 1.165) is 5.52 Å². The van der Waals surface area contributed by atoms with Gasteiger partial charge in [-0.15, -0.1) is 0 Å². The van der Waals surface area contributed by atoms with Crippen LogP contribution in [0.4, 0.5) is 0 Å². The molecule has 0 spiro atoms. The van der Waals surface area contributed by atoms with Crippen molar-refractivity contribution in [3.63, 3.8) is 0 Å². The Bertz CT molecular complexity index is 733. The normalized spacial score (nSPS) is 21.6. The molecule has 0 N–H and O–H groups in total. The van der Waals surface area contributed by atoms with Crippen molar-refractivity contribution in [1.29, 1.82) is 0 Å². The van der Waals surface area contributed by atoms with Gasteiger partial charge in [-0.1, -0.05) is 42.5 Å². The maximum atomic E-state index is 4.40. The van der Waals surface area contributed by atoms with E-state index in [1.807, 2.05) is 12.3 Å². The van der Waals surface area contributed by atoms with E-state index < -0.39 is 0 Å². The number of hydrogen-bond acceptors (Lipinski definition) is 1. The largest absolute Gasteiger partial charge is 0.256 e. The maximum Gasteiger partial charge on any atom is 0.0702 e. The summed E-state index contributed by atoms with van der Waals surface area (Å²) in [5.41, 5.74) is 4.03. The first-order chi connectivity index (χ1) is 9.92. The van der Waals surface area contributed by atoms with E-state index in [1.54, 1.807) is 0 Å². The Morgan fingerprint density at radius 1 is 0.750 bits per heavy atom. The Morgan fingerprint density at radius 2 is 1.55 bits per heavy atom. The summed E-state index contributed by atoms with van der Waals surface area (Å²) in [5.74, 6) is 1.35. The highest BCUT2D eigenvalue weighted by Gasteiger charge is 2.33. The fourth-order valence-corrected chi connectivity index (χ4v) is 3.32. The van der Waals surface area contributed by atoms with Crippen LogP contribution >= 0.6 is 0 Å². The average molecular weight is 259 g/mol. The molecule has 1 nitrogen and oxygen atoms in total. The van der Waals surface area contributed by atoms with E-state index >= 15 is 0 Å². The zero-order valence-electron chi connectivity index (χ0n) is 11.4. The van der Waals surface area contributed by atoms with Gasteiger partial charge in [0.15, 0.2) is 0 Å². The van der Waals surface area contributed by atoms with Gasteiger partial charge in [-0.2, -0.15) is 0 Å². The fourth-order valence-electron chi connectivity index (χ4n) is 3.32. The minimum absolute atomic E-state index is 0.669. The van der Waals surface area contributed by atoms with Crippen molar-refractivity contribution in [3.8, 4) is 0 Å². The first-order valence-electron chi connectivity index (χ1n) is 7.31. The van der Waals surface area contributed by atoms with Crippen LogP contribution in [0, 0.1) is 0 Å². The van der Waals surface area contributed by atoms with E-state index in [9.17, 15) is 0 Å². The highest BCUT2D eigenvalue weighted by atomic mass is 14.6. The lowest BCUT2D eigenvalue weighted by atomic mass is 9.67. The van der Waals surface area contributed by atoms with Gasteiger partial charge in [-0.3, -0.25) is 4.98 Å². The standard InChI is InChI=1S/C19H17N/c1-2-5-14(6-3-1)17-9-10-18(17)15-8-11-19-16(13-15)7-4-12-20-19/h1-8,11-13,17-18H,9-10H2. The van der Waals surface area contributed by atoms with Gasteiger partial charge < -0.3 is 0 Å². The van der Waals surface area contributed by atoms with Crippen molar-refractivity contribution in [2.45, 2.75) is 24.7 Å². The monoisotopic (exact) mass is 259 g/mol. The molecule has 1 heteroatoms. The number of fused-ring (bicyclic) bond motifs is 1. The van der Waals surface area contributed by atoms with Crippen LogP contribution in [0.15, 0.2) is 66.9 Å². The Balaban J connectivity index is 1.69. The van der Waals surface area contributed by atoms with Gasteiger partial charge in [0.25, 0.3) is 0 Å². The minimum Gasteiger partial charge on any atom is -0.256 e. The molecule has 1 fully saturated rings. The van der Waals surface area contributed by atoms with E-state index in [0.29, 0.717) is 11.8 Å². The zero-order chi connectivity index (χ0) is 13.4. The molecule has 1 heterocycles. The first-order valence-corrected chi connectivity index (χ1v) is 7.31. The summed E-state index contributed by atoms with van der Waals surface area (Å²) >= 11 is 0. The number of benzene rings is 2. The van der Waals surface area contributed by atoms with E-state index in [-0.39, 0.29) is 0 Å². The van der Waals surface area contributed by atoms with E-state index in [4.69, 9.17) is 0 Å².